The number of benzene rings is 2. The predicted molar refractivity (Wildman–Crippen MR) is 117 cm³/mol. The van der Waals surface area contributed by atoms with Gasteiger partial charge >= 0.3 is 0 Å². The molecule has 0 radical (unpaired) electrons. The Morgan fingerprint density at radius 1 is 0.964 bits per heavy atom. The molecule has 11 heteroatoms. The number of nitrogens with zero attached hydrogens (tertiary/aromatic N) is 1. The number of ether oxygens (including phenoxy) is 1. The molecule has 0 amide bonds. The van der Waals surface area contributed by atoms with E-state index in [1.165, 1.54) is 22.5 Å². The minimum Gasteiger partial charge on any atom is -0.379 e. The zero-order valence-electron chi connectivity index (χ0n) is 14.4. The summed E-state index contributed by atoms with van der Waals surface area (Å²) in [5.74, 6) is 0. The summed E-state index contributed by atoms with van der Waals surface area (Å²) in [4.78, 5) is 0.116. The van der Waals surface area contributed by atoms with Crippen molar-refractivity contribution in [3.8, 4) is 0 Å². The lowest BCUT2D eigenvalue weighted by molar-refractivity contribution is 0.0730. The van der Waals surface area contributed by atoms with Gasteiger partial charge in [0.25, 0.3) is 0 Å². The third-order valence-electron chi connectivity index (χ3n) is 3.97. The molecule has 1 heterocycles. The molecule has 1 saturated heterocycles. The number of thiocarbonyl (C=S) groups is 1. The van der Waals surface area contributed by atoms with Crippen molar-refractivity contribution in [2.24, 2.45) is 0 Å². The normalized spacial score (nSPS) is 15.2. The Labute approximate surface area is 183 Å². The van der Waals surface area contributed by atoms with Gasteiger partial charge in [0.15, 0.2) is 5.11 Å². The molecule has 2 aromatic rings. The summed E-state index contributed by atoms with van der Waals surface area (Å²) in [6.45, 7) is 1.35. The Balaban J connectivity index is 1.79. The number of halogens is 3. The molecule has 3 rings (SSSR count). The molecule has 0 aliphatic carbocycles. The van der Waals surface area contributed by atoms with Gasteiger partial charge < -0.3 is 15.4 Å². The fourth-order valence-electron chi connectivity index (χ4n) is 2.57. The molecule has 2 aromatic carbocycles. The van der Waals surface area contributed by atoms with Crippen LogP contribution in [0.2, 0.25) is 15.1 Å². The van der Waals surface area contributed by atoms with Crippen LogP contribution in [0.5, 0.6) is 0 Å². The molecular formula is C17H16Cl3N3O3S2. The summed E-state index contributed by atoms with van der Waals surface area (Å²) in [6, 6.07) is 9.33. The summed E-state index contributed by atoms with van der Waals surface area (Å²) in [7, 11) is -3.66. The molecular weight excluding hydrogens is 465 g/mol. The van der Waals surface area contributed by atoms with E-state index in [1.54, 1.807) is 18.2 Å². The van der Waals surface area contributed by atoms with Crippen molar-refractivity contribution < 1.29 is 13.2 Å². The van der Waals surface area contributed by atoms with Crippen molar-refractivity contribution in [2.45, 2.75) is 4.90 Å². The molecule has 0 aromatic heterocycles. The number of morpholine rings is 1. The first kappa shape index (κ1) is 21.6. The van der Waals surface area contributed by atoms with E-state index < -0.39 is 10.0 Å². The van der Waals surface area contributed by atoms with E-state index in [0.29, 0.717) is 52.7 Å². The van der Waals surface area contributed by atoms with E-state index in [4.69, 9.17) is 51.8 Å². The number of hydrogen-bond acceptors (Lipinski definition) is 4. The van der Waals surface area contributed by atoms with Gasteiger partial charge in [0, 0.05) is 18.1 Å². The molecule has 28 heavy (non-hydrogen) atoms. The van der Waals surface area contributed by atoms with Crippen LogP contribution in [-0.4, -0.2) is 44.1 Å². The first-order valence-electron chi connectivity index (χ1n) is 8.18. The molecule has 0 saturated carbocycles. The standard InChI is InChI=1S/C17H16Cl3N3O3S2/c18-11-1-3-13(19)15(9-11)21-17(27)22-16-10-12(2-4-14(16)20)28(24,25)23-5-7-26-8-6-23/h1-4,9-10H,5-8H2,(H2,21,22,27). The van der Waals surface area contributed by atoms with Crippen LogP contribution in [0.3, 0.4) is 0 Å². The first-order valence-corrected chi connectivity index (χ1v) is 11.2. The number of sulfonamides is 1. The highest BCUT2D eigenvalue weighted by Gasteiger charge is 2.27. The monoisotopic (exact) mass is 479 g/mol. The van der Waals surface area contributed by atoms with Gasteiger partial charge in [-0.05, 0) is 48.6 Å². The largest absolute Gasteiger partial charge is 0.379 e. The van der Waals surface area contributed by atoms with E-state index in [0.717, 1.165) is 0 Å². The summed E-state index contributed by atoms with van der Waals surface area (Å²) in [5, 5.41) is 7.25. The highest BCUT2D eigenvalue weighted by Crippen LogP contribution is 2.29. The van der Waals surface area contributed by atoms with Crippen LogP contribution in [0.1, 0.15) is 0 Å². The Morgan fingerprint density at radius 3 is 2.18 bits per heavy atom. The first-order chi connectivity index (χ1) is 13.3. The number of hydrogen-bond donors (Lipinski definition) is 2. The summed E-state index contributed by atoms with van der Waals surface area (Å²) in [5.41, 5.74) is 0.867. The third kappa shape index (κ3) is 5.07. The molecule has 1 aliphatic rings. The van der Waals surface area contributed by atoms with Crippen molar-refractivity contribution in [3.63, 3.8) is 0 Å². The van der Waals surface area contributed by atoms with Gasteiger partial charge in [-0.3, -0.25) is 0 Å². The minimum atomic E-state index is -3.66. The zero-order chi connectivity index (χ0) is 20.3. The van der Waals surface area contributed by atoms with Crippen LogP contribution in [0.15, 0.2) is 41.3 Å². The van der Waals surface area contributed by atoms with Crippen LogP contribution >= 0.6 is 47.0 Å². The van der Waals surface area contributed by atoms with Gasteiger partial charge in [-0.1, -0.05) is 34.8 Å². The predicted octanol–water partition coefficient (Wildman–Crippen LogP) is 4.48. The average molecular weight is 481 g/mol. The van der Waals surface area contributed by atoms with E-state index in [-0.39, 0.29) is 10.0 Å². The lowest BCUT2D eigenvalue weighted by atomic mass is 10.3. The topological polar surface area (TPSA) is 70.7 Å². The van der Waals surface area contributed by atoms with E-state index in [2.05, 4.69) is 10.6 Å². The van der Waals surface area contributed by atoms with Gasteiger partial charge in [-0.15, -0.1) is 0 Å². The maximum Gasteiger partial charge on any atom is 0.243 e. The Morgan fingerprint density at radius 2 is 1.54 bits per heavy atom. The Bertz CT molecular complexity index is 996. The molecule has 0 bridgehead atoms. The maximum absolute atomic E-state index is 12.8. The molecule has 1 fully saturated rings. The lowest BCUT2D eigenvalue weighted by Gasteiger charge is -2.26. The fourth-order valence-corrected chi connectivity index (χ4v) is 4.72. The SMILES string of the molecule is O=S(=O)(c1ccc(Cl)c(NC(=S)Nc2cc(Cl)ccc2Cl)c1)N1CCOCC1. The quantitative estimate of drug-likeness (QED) is 0.629. The summed E-state index contributed by atoms with van der Waals surface area (Å²) in [6.07, 6.45) is 0. The number of rotatable bonds is 4. The second-order valence-corrected chi connectivity index (χ2v) is 9.46. The van der Waals surface area contributed by atoms with Gasteiger partial charge in [0.05, 0.1) is 39.5 Å². The van der Waals surface area contributed by atoms with Crippen LogP contribution in [0.25, 0.3) is 0 Å². The van der Waals surface area contributed by atoms with Crippen LogP contribution < -0.4 is 10.6 Å². The van der Waals surface area contributed by atoms with Crippen molar-refractivity contribution in [1.29, 1.82) is 0 Å². The van der Waals surface area contributed by atoms with Crippen molar-refractivity contribution in [3.05, 3.63) is 51.5 Å². The highest BCUT2D eigenvalue weighted by atomic mass is 35.5. The lowest BCUT2D eigenvalue weighted by Crippen LogP contribution is -2.40. The fraction of sp³-hybridized carbons (Fsp3) is 0.235. The van der Waals surface area contributed by atoms with Gasteiger partial charge in [-0.25, -0.2) is 8.42 Å². The van der Waals surface area contributed by atoms with Crippen LogP contribution in [0, 0.1) is 0 Å². The highest BCUT2D eigenvalue weighted by molar-refractivity contribution is 7.89. The van der Waals surface area contributed by atoms with Crippen LogP contribution in [-0.2, 0) is 14.8 Å². The Hall–Kier alpha value is -1.13. The Kier molecular flexibility index (Phi) is 7.03. The molecule has 2 N–H and O–H groups in total. The molecule has 150 valence electrons. The van der Waals surface area contributed by atoms with Gasteiger partial charge in [-0.2, -0.15) is 4.31 Å². The summed E-state index contributed by atoms with van der Waals surface area (Å²) >= 11 is 23.6. The van der Waals surface area contributed by atoms with Gasteiger partial charge in [0.2, 0.25) is 10.0 Å². The average Bonchev–Trinajstić information content (AvgIpc) is 2.67. The molecule has 0 spiro atoms. The van der Waals surface area contributed by atoms with Crippen molar-refractivity contribution in [1.82, 2.24) is 4.31 Å². The molecule has 0 atom stereocenters. The number of anilines is 2. The van der Waals surface area contributed by atoms with Crippen LogP contribution in [0.4, 0.5) is 11.4 Å². The molecule has 0 unspecified atom stereocenters. The van der Waals surface area contributed by atoms with E-state index in [9.17, 15) is 8.42 Å². The second kappa shape index (κ2) is 9.13. The maximum atomic E-state index is 12.8. The summed E-state index contributed by atoms with van der Waals surface area (Å²) < 4.78 is 32.3. The van der Waals surface area contributed by atoms with Crippen molar-refractivity contribution in [2.75, 3.05) is 36.9 Å². The van der Waals surface area contributed by atoms with Crippen molar-refractivity contribution >= 4 is 73.5 Å². The van der Waals surface area contributed by atoms with E-state index >= 15 is 0 Å². The van der Waals surface area contributed by atoms with Gasteiger partial charge in [0.1, 0.15) is 0 Å². The van der Waals surface area contributed by atoms with E-state index in [1.807, 2.05) is 0 Å². The number of nitrogens with one attached hydrogen (secondary N) is 2. The third-order valence-corrected chi connectivity index (χ3v) is 6.96. The molecule has 6 nitrogen and oxygen atoms in total. The smallest absolute Gasteiger partial charge is 0.243 e. The zero-order valence-corrected chi connectivity index (χ0v) is 18.3. The molecule has 1 aliphatic heterocycles. The second-order valence-electron chi connectivity index (χ2n) is 5.86. The minimum absolute atomic E-state index is 0.116.